The lowest BCUT2D eigenvalue weighted by molar-refractivity contribution is -0.116. The summed E-state index contributed by atoms with van der Waals surface area (Å²) in [5.74, 6) is 0.339. The second-order valence-corrected chi connectivity index (χ2v) is 3.19. The molecule has 0 aliphatic carbocycles. The Bertz CT molecular complexity index is 444. The van der Waals surface area contributed by atoms with Crippen LogP contribution in [0.2, 0.25) is 0 Å². The lowest BCUT2D eigenvalue weighted by Gasteiger charge is -1.98. The van der Waals surface area contributed by atoms with Gasteiger partial charge in [0.15, 0.2) is 0 Å². The minimum absolute atomic E-state index is 0.128. The average molecular weight is 204 g/mol. The molecule has 0 bridgehead atoms. The molecule has 1 amide bonds. The van der Waals surface area contributed by atoms with E-state index in [9.17, 15) is 4.79 Å². The van der Waals surface area contributed by atoms with Gasteiger partial charge in [-0.1, -0.05) is 12.1 Å². The van der Waals surface area contributed by atoms with Gasteiger partial charge in [0.25, 0.3) is 0 Å². The summed E-state index contributed by atoms with van der Waals surface area (Å²) < 4.78 is 0. The van der Waals surface area contributed by atoms with E-state index in [4.69, 9.17) is 5.73 Å². The molecule has 0 saturated carbocycles. The van der Waals surface area contributed by atoms with Gasteiger partial charge < -0.3 is 10.7 Å². The highest BCUT2D eigenvalue weighted by atomic mass is 16.1. The fourth-order valence-electron chi connectivity index (χ4n) is 1.34. The molecule has 0 fully saturated rings. The number of hydrogen-bond acceptors (Lipinski definition) is 3. The fraction of sp³-hybridized carbons (Fsp3) is 0.200. The van der Waals surface area contributed by atoms with Crippen LogP contribution in [0.1, 0.15) is 6.42 Å². The number of aromatic nitrogens is 2. The van der Waals surface area contributed by atoms with Crippen LogP contribution < -0.4 is 11.1 Å². The van der Waals surface area contributed by atoms with Gasteiger partial charge in [-0.2, -0.15) is 0 Å². The van der Waals surface area contributed by atoms with Crippen LogP contribution in [-0.2, 0) is 4.79 Å². The van der Waals surface area contributed by atoms with Gasteiger partial charge in [0.1, 0.15) is 0 Å². The molecule has 2 rings (SSSR count). The van der Waals surface area contributed by atoms with Crippen LogP contribution in [0, 0.1) is 0 Å². The standard InChI is InChI=1S/C10H12N4O/c11-6-5-9(15)14-10-12-7-3-1-2-4-8(7)13-10/h1-4H,5-6,11H2,(H2,12,13,14,15). The second-order valence-electron chi connectivity index (χ2n) is 3.19. The fourth-order valence-corrected chi connectivity index (χ4v) is 1.34. The highest BCUT2D eigenvalue weighted by Gasteiger charge is 2.04. The number of anilines is 1. The zero-order chi connectivity index (χ0) is 10.7. The minimum atomic E-state index is -0.128. The molecule has 0 atom stereocenters. The van der Waals surface area contributed by atoms with Gasteiger partial charge in [0.05, 0.1) is 11.0 Å². The summed E-state index contributed by atoms with van der Waals surface area (Å²) in [5.41, 5.74) is 7.00. The number of imidazole rings is 1. The Morgan fingerprint density at radius 3 is 3.00 bits per heavy atom. The third-order valence-corrected chi connectivity index (χ3v) is 2.02. The van der Waals surface area contributed by atoms with Crippen molar-refractivity contribution in [1.82, 2.24) is 9.97 Å². The first-order chi connectivity index (χ1) is 7.29. The Morgan fingerprint density at radius 1 is 1.47 bits per heavy atom. The molecule has 1 aromatic heterocycles. The number of fused-ring (bicyclic) bond motifs is 1. The van der Waals surface area contributed by atoms with Gasteiger partial charge in [0.2, 0.25) is 11.9 Å². The molecule has 0 unspecified atom stereocenters. The molecule has 5 nitrogen and oxygen atoms in total. The van der Waals surface area contributed by atoms with Crippen molar-refractivity contribution >= 4 is 22.9 Å². The Kier molecular flexibility index (Phi) is 2.64. The summed E-state index contributed by atoms with van der Waals surface area (Å²) in [6, 6.07) is 7.59. The molecule has 0 aliphatic heterocycles. The van der Waals surface area contributed by atoms with Gasteiger partial charge in [-0.15, -0.1) is 0 Å². The van der Waals surface area contributed by atoms with E-state index >= 15 is 0 Å². The summed E-state index contributed by atoms with van der Waals surface area (Å²) in [7, 11) is 0. The number of nitrogens with one attached hydrogen (secondary N) is 2. The van der Waals surface area contributed by atoms with Crippen molar-refractivity contribution in [3.63, 3.8) is 0 Å². The second kappa shape index (κ2) is 4.10. The van der Waals surface area contributed by atoms with Crippen molar-refractivity contribution in [2.75, 3.05) is 11.9 Å². The molecule has 78 valence electrons. The molecule has 15 heavy (non-hydrogen) atoms. The van der Waals surface area contributed by atoms with Crippen LogP contribution in [0.5, 0.6) is 0 Å². The van der Waals surface area contributed by atoms with E-state index in [0.29, 0.717) is 18.9 Å². The summed E-state index contributed by atoms with van der Waals surface area (Å²) in [6.07, 6.45) is 0.303. The van der Waals surface area contributed by atoms with Crippen LogP contribution in [-0.4, -0.2) is 22.4 Å². The number of para-hydroxylation sites is 2. The quantitative estimate of drug-likeness (QED) is 0.693. The third kappa shape index (κ3) is 2.13. The first kappa shape index (κ1) is 9.67. The Morgan fingerprint density at radius 2 is 2.27 bits per heavy atom. The molecule has 5 heteroatoms. The predicted molar refractivity (Wildman–Crippen MR) is 58.4 cm³/mol. The average Bonchev–Trinajstić information content (AvgIpc) is 2.59. The van der Waals surface area contributed by atoms with E-state index in [2.05, 4.69) is 15.3 Å². The van der Waals surface area contributed by atoms with Crippen molar-refractivity contribution in [2.45, 2.75) is 6.42 Å². The lowest BCUT2D eigenvalue weighted by atomic mass is 10.3. The first-order valence-corrected chi connectivity index (χ1v) is 4.74. The van der Waals surface area contributed by atoms with Crippen molar-refractivity contribution in [3.8, 4) is 0 Å². The van der Waals surface area contributed by atoms with Crippen molar-refractivity contribution in [3.05, 3.63) is 24.3 Å². The minimum Gasteiger partial charge on any atom is -0.330 e. The van der Waals surface area contributed by atoms with Gasteiger partial charge >= 0.3 is 0 Å². The highest BCUT2D eigenvalue weighted by Crippen LogP contribution is 2.13. The zero-order valence-corrected chi connectivity index (χ0v) is 8.16. The topological polar surface area (TPSA) is 83.8 Å². The third-order valence-electron chi connectivity index (χ3n) is 2.02. The Balaban J connectivity index is 2.18. The number of carbonyl (C=O) groups is 1. The molecular weight excluding hydrogens is 192 g/mol. The van der Waals surface area contributed by atoms with E-state index in [1.54, 1.807) is 0 Å². The van der Waals surface area contributed by atoms with E-state index in [-0.39, 0.29) is 5.91 Å². The molecule has 1 heterocycles. The van der Waals surface area contributed by atoms with Gasteiger partial charge in [-0.05, 0) is 12.1 Å². The number of H-pyrrole nitrogens is 1. The van der Waals surface area contributed by atoms with E-state index in [0.717, 1.165) is 11.0 Å². The predicted octanol–water partition coefficient (Wildman–Crippen LogP) is 0.850. The number of hydrogen-bond donors (Lipinski definition) is 3. The lowest BCUT2D eigenvalue weighted by Crippen LogP contribution is -2.16. The molecule has 0 aliphatic rings. The highest BCUT2D eigenvalue weighted by molar-refractivity contribution is 5.91. The molecule has 0 spiro atoms. The molecule has 1 aromatic carbocycles. The molecule has 0 radical (unpaired) electrons. The normalized spacial score (nSPS) is 10.5. The summed E-state index contributed by atoms with van der Waals surface area (Å²) >= 11 is 0. The number of carbonyl (C=O) groups excluding carboxylic acids is 1. The number of amides is 1. The van der Waals surface area contributed by atoms with E-state index in [1.807, 2.05) is 24.3 Å². The maximum absolute atomic E-state index is 11.2. The first-order valence-electron chi connectivity index (χ1n) is 4.74. The van der Waals surface area contributed by atoms with Crippen LogP contribution in [0.25, 0.3) is 11.0 Å². The van der Waals surface area contributed by atoms with Crippen LogP contribution in [0.15, 0.2) is 24.3 Å². The number of nitrogens with two attached hydrogens (primary N) is 1. The maximum atomic E-state index is 11.2. The van der Waals surface area contributed by atoms with Crippen molar-refractivity contribution in [2.24, 2.45) is 5.73 Å². The summed E-state index contributed by atoms with van der Waals surface area (Å²) in [5, 5.41) is 2.65. The number of benzene rings is 1. The smallest absolute Gasteiger partial charge is 0.227 e. The van der Waals surface area contributed by atoms with E-state index < -0.39 is 0 Å². The number of aromatic amines is 1. The van der Waals surface area contributed by atoms with Crippen LogP contribution in [0.4, 0.5) is 5.95 Å². The van der Waals surface area contributed by atoms with E-state index in [1.165, 1.54) is 0 Å². The van der Waals surface area contributed by atoms with Crippen molar-refractivity contribution in [1.29, 1.82) is 0 Å². The molecular formula is C10H12N4O. The number of rotatable bonds is 3. The largest absolute Gasteiger partial charge is 0.330 e. The number of nitrogens with zero attached hydrogens (tertiary/aromatic N) is 1. The zero-order valence-electron chi connectivity index (χ0n) is 8.16. The summed E-state index contributed by atoms with van der Waals surface area (Å²) in [6.45, 7) is 0.339. The van der Waals surface area contributed by atoms with Crippen LogP contribution >= 0.6 is 0 Å². The Hall–Kier alpha value is -1.88. The maximum Gasteiger partial charge on any atom is 0.227 e. The SMILES string of the molecule is NCCC(=O)Nc1nc2ccccc2[nH]1. The van der Waals surface area contributed by atoms with Crippen LogP contribution in [0.3, 0.4) is 0 Å². The monoisotopic (exact) mass is 204 g/mol. The molecule has 2 aromatic rings. The van der Waals surface area contributed by atoms with Gasteiger partial charge in [-0.3, -0.25) is 10.1 Å². The van der Waals surface area contributed by atoms with Crippen molar-refractivity contribution < 1.29 is 4.79 Å². The summed E-state index contributed by atoms with van der Waals surface area (Å²) in [4.78, 5) is 18.4. The van der Waals surface area contributed by atoms with Gasteiger partial charge in [-0.25, -0.2) is 4.98 Å². The Labute approximate surface area is 86.7 Å². The molecule has 4 N–H and O–H groups in total. The molecule has 0 saturated heterocycles. The van der Waals surface area contributed by atoms with Gasteiger partial charge in [0, 0.05) is 13.0 Å².